The fourth-order valence-corrected chi connectivity index (χ4v) is 3.91. The van der Waals surface area contributed by atoms with E-state index < -0.39 is 15.6 Å². The van der Waals surface area contributed by atoms with Gasteiger partial charge in [-0.1, -0.05) is 23.2 Å². The Morgan fingerprint density at radius 2 is 1.79 bits per heavy atom. The van der Waals surface area contributed by atoms with Crippen LogP contribution < -0.4 is 10.0 Å². The molecule has 0 aromatic heterocycles. The Hall–Kier alpha value is -0.330. The van der Waals surface area contributed by atoms with E-state index >= 15 is 0 Å². The molecule has 0 atom stereocenters. The summed E-state index contributed by atoms with van der Waals surface area (Å²) in [6.07, 6.45) is 0. The topological polar surface area (TPSA) is 58.2 Å². The highest BCUT2D eigenvalue weighted by Gasteiger charge is 2.25. The summed E-state index contributed by atoms with van der Waals surface area (Å²) in [5.41, 5.74) is -0.00654. The van der Waals surface area contributed by atoms with Crippen molar-refractivity contribution in [1.29, 1.82) is 0 Å². The molecule has 1 aromatic carbocycles. The Morgan fingerprint density at radius 1 is 1.21 bits per heavy atom. The maximum absolute atomic E-state index is 12.3. The van der Waals surface area contributed by atoms with E-state index in [1.54, 1.807) is 27.8 Å². The molecule has 0 bridgehead atoms. The summed E-state index contributed by atoms with van der Waals surface area (Å²) in [4.78, 5) is 0.0405. The first-order valence-electron chi connectivity index (χ1n) is 5.74. The SMILES string of the molecule is CNCc1c(Cl)ccc(S(=O)(=O)NC(C)(C)C)c1Cl. The molecule has 0 heterocycles. The zero-order valence-electron chi connectivity index (χ0n) is 11.3. The first kappa shape index (κ1) is 16.7. The Labute approximate surface area is 124 Å². The number of halogens is 2. The van der Waals surface area contributed by atoms with E-state index in [4.69, 9.17) is 23.2 Å². The molecule has 0 spiro atoms. The van der Waals surface area contributed by atoms with Gasteiger partial charge in [-0.25, -0.2) is 13.1 Å². The molecular weight excluding hydrogens is 307 g/mol. The van der Waals surface area contributed by atoms with Gasteiger partial charge in [-0.2, -0.15) is 0 Å². The minimum Gasteiger partial charge on any atom is -0.316 e. The van der Waals surface area contributed by atoms with E-state index in [1.165, 1.54) is 12.1 Å². The maximum atomic E-state index is 12.3. The normalized spacial score (nSPS) is 12.7. The molecule has 0 aliphatic rings. The van der Waals surface area contributed by atoms with Crippen LogP contribution in [0.3, 0.4) is 0 Å². The van der Waals surface area contributed by atoms with Crippen molar-refractivity contribution in [1.82, 2.24) is 10.0 Å². The largest absolute Gasteiger partial charge is 0.316 e. The lowest BCUT2D eigenvalue weighted by atomic mass is 10.1. The van der Waals surface area contributed by atoms with Crippen LogP contribution in [0.2, 0.25) is 10.0 Å². The molecular formula is C12H18Cl2N2O2S. The Kier molecular flexibility index (Phi) is 5.26. The Balaban J connectivity index is 3.33. The van der Waals surface area contributed by atoms with Crippen molar-refractivity contribution in [3.63, 3.8) is 0 Å². The van der Waals surface area contributed by atoms with Crippen LogP contribution in [-0.4, -0.2) is 21.0 Å². The monoisotopic (exact) mass is 324 g/mol. The number of sulfonamides is 1. The van der Waals surface area contributed by atoms with Crippen LogP contribution >= 0.6 is 23.2 Å². The van der Waals surface area contributed by atoms with Crippen molar-refractivity contribution >= 4 is 33.2 Å². The molecule has 2 N–H and O–H groups in total. The van der Waals surface area contributed by atoms with Gasteiger partial charge in [0.1, 0.15) is 4.90 Å². The predicted octanol–water partition coefficient (Wildman–Crippen LogP) is 2.79. The van der Waals surface area contributed by atoms with E-state index in [2.05, 4.69) is 10.0 Å². The minimum absolute atomic E-state index is 0.0405. The highest BCUT2D eigenvalue weighted by Crippen LogP contribution is 2.31. The van der Waals surface area contributed by atoms with E-state index in [-0.39, 0.29) is 9.92 Å². The lowest BCUT2D eigenvalue weighted by Crippen LogP contribution is -2.40. The summed E-state index contributed by atoms with van der Waals surface area (Å²) in [6.45, 7) is 5.70. The van der Waals surface area contributed by atoms with Crippen LogP contribution in [0, 0.1) is 0 Å². The van der Waals surface area contributed by atoms with Crippen molar-refractivity contribution in [2.75, 3.05) is 7.05 Å². The van der Waals surface area contributed by atoms with Crippen molar-refractivity contribution in [2.24, 2.45) is 0 Å². The summed E-state index contributed by atoms with van der Waals surface area (Å²) in [5, 5.41) is 3.50. The van der Waals surface area contributed by atoms with Gasteiger partial charge in [-0.3, -0.25) is 0 Å². The average Bonchev–Trinajstić information content (AvgIpc) is 2.20. The first-order chi connectivity index (χ1) is 8.58. The average molecular weight is 325 g/mol. The summed E-state index contributed by atoms with van der Waals surface area (Å²) < 4.78 is 27.1. The lowest BCUT2D eigenvalue weighted by molar-refractivity contribution is 0.491. The number of hydrogen-bond donors (Lipinski definition) is 2. The third-order valence-electron chi connectivity index (χ3n) is 2.23. The van der Waals surface area contributed by atoms with E-state index in [0.29, 0.717) is 17.1 Å². The molecule has 19 heavy (non-hydrogen) atoms. The van der Waals surface area contributed by atoms with Gasteiger partial charge in [0.2, 0.25) is 10.0 Å². The molecule has 0 aliphatic heterocycles. The summed E-state index contributed by atoms with van der Waals surface area (Å²) >= 11 is 12.2. The first-order valence-corrected chi connectivity index (χ1v) is 7.98. The van der Waals surface area contributed by atoms with Gasteiger partial charge >= 0.3 is 0 Å². The lowest BCUT2D eigenvalue weighted by Gasteiger charge is -2.21. The minimum atomic E-state index is -3.67. The summed E-state index contributed by atoms with van der Waals surface area (Å²) in [6, 6.07) is 2.95. The molecule has 0 saturated carbocycles. The van der Waals surface area contributed by atoms with E-state index in [1.807, 2.05) is 0 Å². The number of benzene rings is 1. The third-order valence-corrected chi connectivity index (χ3v) is 4.93. The molecule has 0 unspecified atom stereocenters. The fraction of sp³-hybridized carbons (Fsp3) is 0.500. The Morgan fingerprint density at radius 3 is 2.26 bits per heavy atom. The molecule has 7 heteroatoms. The van der Waals surface area contributed by atoms with Gasteiger partial charge < -0.3 is 5.32 Å². The van der Waals surface area contributed by atoms with Gasteiger partial charge in [0.15, 0.2) is 0 Å². The number of nitrogens with one attached hydrogen (secondary N) is 2. The highest BCUT2D eigenvalue weighted by atomic mass is 35.5. The molecule has 0 aliphatic carbocycles. The predicted molar refractivity (Wildman–Crippen MR) is 79.3 cm³/mol. The van der Waals surface area contributed by atoms with Crippen LogP contribution in [-0.2, 0) is 16.6 Å². The maximum Gasteiger partial charge on any atom is 0.242 e. The summed E-state index contributed by atoms with van der Waals surface area (Å²) in [5.74, 6) is 0. The van der Waals surface area contributed by atoms with E-state index in [0.717, 1.165) is 0 Å². The van der Waals surface area contributed by atoms with Crippen molar-refractivity contribution in [2.45, 2.75) is 37.8 Å². The zero-order chi connectivity index (χ0) is 14.8. The van der Waals surface area contributed by atoms with Gasteiger partial charge in [0.25, 0.3) is 0 Å². The van der Waals surface area contributed by atoms with Crippen LogP contribution in [0.1, 0.15) is 26.3 Å². The second-order valence-corrected chi connectivity index (χ2v) is 7.66. The highest BCUT2D eigenvalue weighted by molar-refractivity contribution is 7.89. The fourth-order valence-electron chi connectivity index (χ4n) is 1.58. The third kappa shape index (κ3) is 4.33. The molecule has 1 rings (SSSR count). The molecule has 108 valence electrons. The van der Waals surface area contributed by atoms with Gasteiger partial charge in [0.05, 0.1) is 5.02 Å². The Bertz CT molecular complexity index is 566. The quantitative estimate of drug-likeness (QED) is 0.895. The molecule has 0 radical (unpaired) electrons. The van der Waals surface area contributed by atoms with Gasteiger partial charge in [0, 0.05) is 22.7 Å². The summed E-state index contributed by atoms with van der Waals surface area (Å²) in [7, 11) is -1.94. The zero-order valence-corrected chi connectivity index (χ0v) is 13.7. The van der Waals surface area contributed by atoms with Crippen LogP contribution in [0.15, 0.2) is 17.0 Å². The molecule has 1 aromatic rings. The standard InChI is InChI=1S/C12H18Cl2N2O2S/c1-12(2,3)16-19(17,18)10-6-5-9(13)8(7-15-4)11(10)14/h5-6,15-16H,7H2,1-4H3. The molecule has 0 saturated heterocycles. The molecule has 4 nitrogen and oxygen atoms in total. The van der Waals surface area contributed by atoms with Gasteiger partial charge in [-0.15, -0.1) is 0 Å². The van der Waals surface area contributed by atoms with Crippen LogP contribution in [0.4, 0.5) is 0 Å². The molecule has 0 fully saturated rings. The number of hydrogen-bond acceptors (Lipinski definition) is 3. The molecule has 0 amide bonds. The number of rotatable bonds is 4. The second-order valence-electron chi connectivity index (χ2n) is 5.22. The second kappa shape index (κ2) is 5.97. The van der Waals surface area contributed by atoms with Crippen LogP contribution in [0.5, 0.6) is 0 Å². The van der Waals surface area contributed by atoms with E-state index in [9.17, 15) is 8.42 Å². The van der Waals surface area contributed by atoms with Crippen molar-refractivity contribution < 1.29 is 8.42 Å². The van der Waals surface area contributed by atoms with Crippen molar-refractivity contribution in [3.8, 4) is 0 Å². The van der Waals surface area contributed by atoms with Crippen LogP contribution in [0.25, 0.3) is 0 Å². The van der Waals surface area contributed by atoms with Crippen molar-refractivity contribution in [3.05, 3.63) is 27.7 Å². The smallest absolute Gasteiger partial charge is 0.242 e. The van der Waals surface area contributed by atoms with Gasteiger partial charge in [-0.05, 0) is 40.0 Å².